The maximum atomic E-state index is 12.4. The third-order valence-corrected chi connectivity index (χ3v) is 4.51. The average Bonchev–Trinajstić information content (AvgIpc) is 2.46. The number of halogens is 3. The van der Waals surface area contributed by atoms with Crippen molar-refractivity contribution in [2.45, 2.75) is 0 Å². The molecule has 4 nitrogen and oxygen atoms in total. The van der Waals surface area contributed by atoms with Crippen molar-refractivity contribution in [3.8, 4) is 5.75 Å². The zero-order chi connectivity index (χ0) is 17.0. The Hall–Kier alpha value is -0.960. The first-order valence-corrected chi connectivity index (χ1v) is 9.10. The summed E-state index contributed by atoms with van der Waals surface area (Å²) in [5.41, 5.74) is 1.14. The second-order valence-electron chi connectivity index (χ2n) is 4.39. The van der Waals surface area contributed by atoms with Crippen LogP contribution < -0.4 is 15.4 Å². The number of benzene rings is 2. The number of rotatable bonds is 3. The Morgan fingerprint density at radius 1 is 1.13 bits per heavy atom. The lowest BCUT2D eigenvalue weighted by Crippen LogP contribution is -2.34. The van der Waals surface area contributed by atoms with Gasteiger partial charge >= 0.3 is 0 Å². The topological polar surface area (TPSA) is 50.4 Å². The molecule has 0 spiro atoms. The van der Waals surface area contributed by atoms with Crippen LogP contribution in [0.4, 0.5) is 5.69 Å². The first-order valence-electron chi connectivity index (χ1n) is 6.31. The molecule has 2 aromatic carbocycles. The molecule has 0 radical (unpaired) electrons. The van der Waals surface area contributed by atoms with E-state index in [1.807, 2.05) is 24.3 Å². The fourth-order valence-electron chi connectivity index (χ4n) is 1.84. The van der Waals surface area contributed by atoms with Gasteiger partial charge in [-0.15, -0.1) is 0 Å². The van der Waals surface area contributed by atoms with Crippen molar-refractivity contribution in [1.29, 1.82) is 0 Å². The summed E-state index contributed by atoms with van der Waals surface area (Å²) in [6, 6.07) is 10.9. The first-order chi connectivity index (χ1) is 10.9. The van der Waals surface area contributed by atoms with Gasteiger partial charge in [0.25, 0.3) is 5.91 Å². The van der Waals surface area contributed by atoms with E-state index in [9.17, 15) is 4.79 Å². The molecular weight excluding hydrogens is 512 g/mol. The second-order valence-corrected chi connectivity index (χ2v) is 7.48. The molecule has 0 saturated heterocycles. The molecule has 0 fully saturated rings. The van der Waals surface area contributed by atoms with E-state index in [1.54, 1.807) is 12.1 Å². The van der Waals surface area contributed by atoms with Gasteiger partial charge in [0, 0.05) is 14.6 Å². The lowest BCUT2D eigenvalue weighted by Gasteiger charge is -2.13. The Bertz CT molecular complexity index is 768. The molecule has 8 heteroatoms. The predicted molar refractivity (Wildman–Crippen MR) is 106 cm³/mol. The van der Waals surface area contributed by atoms with Crippen LogP contribution in [0.5, 0.6) is 5.75 Å². The van der Waals surface area contributed by atoms with Gasteiger partial charge in [-0.05, 0) is 58.5 Å². The molecule has 120 valence electrons. The fraction of sp³-hybridized carbons (Fsp3) is 0.0667. The number of thiocarbonyl (C=S) groups is 1. The molecule has 0 heterocycles. The minimum atomic E-state index is -0.364. The van der Waals surface area contributed by atoms with Gasteiger partial charge in [0.05, 0.1) is 17.1 Å². The quantitative estimate of drug-likeness (QED) is 0.550. The van der Waals surface area contributed by atoms with E-state index in [2.05, 4.69) is 58.4 Å². The monoisotopic (exact) mass is 520 g/mol. The molecule has 0 saturated carbocycles. The molecule has 1 amide bonds. The zero-order valence-corrected chi connectivity index (χ0v) is 17.4. The van der Waals surface area contributed by atoms with E-state index in [4.69, 9.17) is 17.0 Å². The standard InChI is InChI=1S/C15H11Br3N2O2S/c1-22-13-11(6-9(17)7-12(13)18)14(21)20-15(23)19-10-4-2-3-8(16)5-10/h2-7H,1H3,(H2,19,20,21,23). The van der Waals surface area contributed by atoms with Crippen LogP contribution in [0, 0.1) is 0 Å². The summed E-state index contributed by atoms with van der Waals surface area (Å²) in [5.74, 6) is 0.0762. The molecular formula is C15H11Br3N2O2S. The highest BCUT2D eigenvalue weighted by Gasteiger charge is 2.17. The minimum absolute atomic E-state index is 0.200. The van der Waals surface area contributed by atoms with Crippen LogP contribution in [0.1, 0.15) is 10.4 Å². The number of methoxy groups -OCH3 is 1. The SMILES string of the molecule is COc1c(Br)cc(Br)cc1C(=O)NC(=S)Nc1cccc(Br)c1. The minimum Gasteiger partial charge on any atom is -0.495 e. The maximum Gasteiger partial charge on any atom is 0.261 e. The Balaban J connectivity index is 2.14. The molecule has 2 rings (SSSR count). The molecule has 23 heavy (non-hydrogen) atoms. The number of amides is 1. The summed E-state index contributed by atoms with van der Waals surface area (Å²) in [6.45, 7) is 0. The van der Waals surface area contributed by atoms with E-state index in [0.29, 0.717) is 15.8 Å². The number of carbonyl (C=O) groups is 1. The normalized spacial score (nSPS) is 10.1. The zero-order valence-electron chi connectivity index (χ0n) is 11.8. The van der Waals surface area contributed by atoms with Crippen LogP contribution in [0.2, 0.25) is 0 Å². The Morgan fingerprint density at radius 2 is 1.87 bits per heavy atom. The van der Waals surface area contributed by atoms with E-state index >= 15 is 0 Å². The van der Waals surface area contributed by atoms with E-state index in [1.165, 1.54) is 7.11 Å². The van der Waals surface area contributed by atoms with Gasteiger partial charge < -0.3 is 10.1 Å². The number of nitrogens with one attached hydrogen (secondary N) is 2. The van der Waals surface area contributed by atoms with Gasteiger partial charge in [0.1, 0.15) is 5.75 Å². The van der Waals surface area contributed by atoms with Crippen molar-refractivity contribution in [3.05, 3.63) is 55.4 Å². The molecule has 0 aromatic heterocycles. The summed E-state index contributed by atoms with van der Waals surface area (Å²) in [5, 5.41) is 5.79. The van der Waals surface area contributed by atoms with E-state index in [0.717, 1.165) is 14.6 Å². The molecule has 0 aliphatic heterocycles. The number of carbonyl (C=O) groups excluding carboxylic acids is 1. The highest BCUT2D eigenvalue weighted by atomic mass is 79.9. The third-order valence-electron chi connectivity index (χ3n) is 2.77. The third kappa shape index (κ3) is 5.00. The Kier molecular flexibility index (Phi) is 6.58. The number of anilines is 1. The summed E-state index contributed by atoms with van der Waals surface area (Å²) in [6.07, 6.45) is 0. The fourth-order valence-corrected chi connectivity index (χ4v) is 3.83. The molecule has 0 unspecified atom stereocenters. The number of hydrogen-bond donors (Lipinski definition) is 2. The van der Waals surface area contributed by atoms with E-state index in [-0.39, 0.29) is 11.0 Å². The average molecular weight is 523 g/mol. The van der Waals surface area contributed by atoms with Crippen LogP contribution >= 0.6 is 60.0 Å². The summed E-state index contributed by atoms with van der Waals surface area (Å²) < 4.78 is 7.60. The first kappa shape index (κ1) is 18.4. The molecule has 2 N–H and O–H groups in total. The highest BCUT2D eigenvalue weighted by molar-refractivity contribution is 9.11. The van der Waals surface area contributed by atoms with Gasteiger partial charge in [-0.2, -0.15) is 0 Å². The highest BCUT2D eigenvalue weighted by Crippen LogP contribution is 2.32. The molecule has 0 aliphatic carbocycles. The van der Waals surface area contributed by atoms with Crippen molar-refractivity contribution in [2.75, 3.05) is 12.4 Å². The van der Waals surface area contributed by atoms with Crippen molar-refractivity contribution in [2.24, 2.45) is 0 Å². The van der Waals surface area contributed by atoms with Gasteiger partial charge in [0.15, 0.2) is 5.11 Å². The summed E-state index contributed by atoms with van der Waals surface area (Å²) in [4.78, 5) is 12.4. The van der Waals surface area contributed by atoms with Crippen LogP contribution in [-0.2, 0) is 0 Å². The van der Waals surface area contributed by atoms with Crippen LogP contribution in [0.15, 0.2) is 49.8 Å². The van der Waals surface area contributed by atoms with E-state index < -0.39 is 0 Å². The van der Waals surface area contributed by atoms with Gasteiger partial charge in [0.2, 0.25) is 0 Å². The van der Waals surface area contributed by atoms with Crippen LogP contribution in [0.3, 0.4) is 0 Å². The van der Waals surface area contributed by atoms with Gasteiger partial charge in [-0.25, -0.2) is 0 Å². The lowest BCUT2D eigenvalue weighted by molar-refractivity contribution is 0.0974. The van der Waals surface area contributed by atoms with Crippen LogP contribution in [0.25, 0.3) is 0 Å². The molecule has 0 bridgehead atoms. The molecule has 2 aromatic rings. The van der Waals surface area contributed by atoms with Crippen LogP contribution in [-0.4, -0.2) is 18.1 Å². The maximum absolute atomic E-state index is 12.4. The molecule has 0 atom stereocenters. The van der Waals surface area contributed by atoms with Crippen molar-refractivity contribution >= 4 is 76.7 Å². The van der Waals surface area contributed by atoms with Crippen molar-refractivity contribution in [1.82, 2.24) is 5.32 Å². The van der Waals surface area contributed by atoms with Gasteiger partial charge in [-0.3, -0.25) is 10.1 Å². The van der Waals surface area contributed by atoms with Crippen molar-refractivity contribution in [3.63, 3.8) is 0 Å². The summed E-state index contributed by atoms with van der Waals surface area (Å²) in [7, 11) is 1.50. The second kappa shape index (κ2) is 8.23. The van der Waals surface area contributed by atoms with Crippen molar-refractivity contribution < 1.29 is 9.53 Å². The number of ether oxygens (including phenoxy) is 1. The Labute approximate surface area is 164 Å². The predicted octanol–water partition coefficient (Wildman–Crippen LogP) is 5.11. The molecule has 0 aliphatic rings. The number of hydrogen-bond acceptors (Lipinski definition) is 3. The van der Waals surface area contributed by atoms with Gasteiger partial charge in [-0.1, -0.05) is 37.9 Å². The Morgan fingerprint density at radius 3 is 2.52 bits per heavy atom. The lowest BCUT2D eigenvalue weighted by atomic mass is 10.2. The smallest absolute Gasteiger partial charge is 0.261 e. The summed E-state index contributed by atoms with van der Waals surface area (Å²) >= 11 is 15.3. The largest absolute Gasteiger partial charge is 0.495 e.